The van der Waals surface area contributed by atoms with E-state index in [0.29, 0.717) is 17.2 Å². The van der Waals surface area contributed by atoms with Gasteiger partial charge in [-0.15, -0.1) is 0 Å². The number of fused-ring (bicyclic) bond motifs is 2. The van der Waals surface area contributed by atoms with E-state index in [2.05, 4.69) is 26.1 Å². The fourth-order valence-electron chi connectivity index (χ4n) is 4.43. The lowest BCUT2D eigenvalue weighted by molar-refractivity contribution is -0.384. The molecule has 1 amide bonds. The van der Waals surface area contributed by atoms with E-state index in [1.165, 1.54) is 24.3 Å². The lowest BCUT2D eigenvalue weighted by Gasteiger charge is -2.35. The number of esters is 1. The first kappa shape index (κ1) is 23.4. The maximum Gasteiger partial charge on any atom is 0.339 e. The third-order valence-corrected chi connectivity index (χ3v) is 6.38. The molecule has 8 heteroatoms. The number of carbonyl (C=O) groups excluding carboxylic acids is 2. The van der Waals surface area contributed by atoms with Crippen LogP contribution >= 0.6 is 0 Å². The number of carbonyl (C=O) groups is 2. The Balaban J connectivity index is 1.55. The predicted molar refractivity (Wildman–Crippen MR) is 129 cm³/mol. The number of pyridine rings is 1. The molecular weight excluding hydrogens is 434 g/mol. The number of ether oxygens (including phenoxy) is 1. The first-order valence-electron chi connectivity index (χ1n) is 11.3. The van der Waals surface area contributed by atoms with Gasteiger partial charge in [0.05, 0.1) is 16.0 Å². The largest absolute Gasteiger partial charge is 0.452 e. The molecule has 0 fully saturated rings. The van der Waals surface area contributed by atoms with Crippen molar-refractivity contribution in [1.82, 2.24) is 4.98 Å². The normalized spacial score (nSPS) is 15.4. The molecule has 1 aliphatic carbocycles. The lowest BCUT2D eigenvalue weighted by Crippen LogP contribution is -2.29. The highest BCUT2D eigenvalue weighted by atomic mass is 16.6. The molecule has 1 N–H and O–H groups in total. The van der Waals surface area contributed by atoms with Crippen LogP contribution in [0.5, 0.6) is 0 Å². The summed E-state index contributed by atoms with van der Waals surface area (Å²) in [6, 6.07) is 12.9. The van der Waals surface area contributed by atoms with E-state index < -0.39 is 23.4 Å². The number of para-hydroxylation sites is 1. The van der Waals surface area contributed by atoms with Crippen molar-refractivity contribution >= 4 is 34.2 Å². The fraction of sp³-hybridized carbons (Fsp3) is 0.346. The minimum Gasteiger partial charge on any atom is -0.452 e. The Labute approximate surface area is 197 Å². The van der Waals surface area contributed by atoms with Crippen LogP contribution in [0.25, 0.3) is 10.9 Å². The molecule has 8 nitrogen and oxygen atoms in total. The Morgan fingerprint density at radius 1 is 1.15 bits per heavy atom. The Morgan fingerprint density at radius 3 is 2.53 bits per heavy atom. The number of amides is 1. The molecule has 1 unspecified atom stereocenters. The first-order chi connectivity index (χ1) is 16.1. The molecule has 0 aliphatic heterocycles. The summed E-state index contributed by atoms with van der Waals surface area (Å²) in [7, 11) is 0. The number of nitro groups is 1. The van der Waals surface area contributed by atoms with Crippen LogP contribution < -0.4 is 5.32 Å². The molecule has 3 aromatic rings. The fourth-order valence-corrected chi connectivity index (χ4v) is 4.43. The number of benzene rings is 2. The van der Waals surface area contributed by atoms with Gasteiger partial charge in [-0.1, -0.05) is 39.0 Å². The summed E-state index contributed by atoms with van der Waals surface area (Å²) in [6.07, 6.45) is 2.53. The molecule has 0 radical (unpaired) electrons. The molecule has 0 saturated heterocycles. The Morgan fingerprint density at radius 2 is 1.85 bits per heavy atom. The van der Waals surface area contributed by atoms with Crippen molar-refractivity contribution in [2.45, 2.75) is 40.0 Å². The van der Waals surface area contributed by atoms with Crippen LogP contribution in [0.15, 0.2) is 48.5 Å². The van der Waals surface area contributed by atoms with Crippen LogP contribution in [0.2, 0.25) is 0 Å². The van der Waals surface area contributed by atoms with Gasteiger partial charge in [0.15, 0.2) is 6.61 Å². The smallest absolute Gasteiger partial charge is 0.339 e. The van der Waals surface area contributed by atoms with Crippen LogP contribution in [-0.4, -0.2) is 28.4 Å². The zero-order chi connectivity index (χ0) is 24.5. The molecule has 1 heterocycles. The van der Waals surface area contributed by atoms with Crippen molar-refractivity contribution in [2.75, 3.05) is 11.9 Å². The summed E-state index contributed by atoms with van der Waals surface area (Å²) in [5.41, 5.74) is 3.44. The molecule has 0 bridgehead atoms. The number of non-ortho nitro benzene ring substituents is 1. The minimum atomic E-state index is -0.553. The monoisotopic (exact) mass is 461 g/mol. The van der Waals surface area contributed by atoms with Gasteiger partial charge in [-0.3, -0.25) is 19.9 Å². The summed E-state index contributed by atoms with van der Waals surface area (Å²) >= 11 is 0. The first-order valence-corrected chi connectivity index (χ1v) is 11.3. The number of nitrogens with zero attached hydrogens (tertiary/aromatic N) is 2. The number of hydrogen-bond acceptors (Lipinski definition) is 6. The van der Waals surface area contributed by atoms with Gasteiger partial charge in [0.1, 0.15) is 0 Å². The third kappa shape index (κ3) is 4.90. The summed E-state index contributed by atoms with van der Waals surface area (Å²) < 4.78 is 5.43. The van der Waals surface area contributed by atoms with Gasteiger partial charge in [0, 0.05) is 28.9 Å². The maximum atomic E-state index is 13.3. The van der Waals surface area contributed by atoms with Crippen molar-refractivity contribution in [1.29, 1.82) is 0 Å². The predicted octanol–water partition coefficient (Wildman–Crippen LogP) is 5.09. The Kier molecular flexibility index (Phi) is 6.32. The molecule has 4 rings (SSSR count). The van der Waals surface area contributed by atoms with E-state index >= 15 is 0 Å². The van der Waals surface area contributed by atoms with Gasteiger partial charge in [-0.05, 0) is 54.4 Å². The second kappa shape index (κ2) is 9.21. The molecule has 1 atom stereocenters. The second-order valence-electron chi connectivity index (χ2n) is 9.66. The van der Waals surface area contributed by atoms with Crippen LogP contribution in [0.3, 0.4) is 0 Å². The van der Waals surface area contributed by atoms with Crippen LogP contribution in [0, 0.1) is 21.4 Å². The average molecular weight is 462 g/mol. The maximum absolute atomic E-state index is 13.3. The highest BCUT2D eigenvalue weighted by molar-refractivity contribution is 6.06. The number of hydrogen-bond donors (Lipinski definition) is 1. The van der Waals surface area contributed by atoms with Crippen molar-refractivity contribution in [3.63, 3.8) is 0 Å². The summed E-state index contributed by atoms with van der Waals surface area (Å²) in [6.45, 7) is 6.15. The summed E-state index contributed by atoms with van der Waals surface area (Å²) in [4.78, 5) is 40.7. The molecule has 0 saturated carbocycles. The zero-order valence-electron chi connectivity index (χ0n) is 19.5. The quantitative estimate of drug-likeness (QED) is 0.322. The van der Waals surface area contributed by atoms with Gasteiger partial charge in [-0.25, -0.2) is 4.79 Å². The number of nitro benzene ring substituents is 1. The van der Waals surface area contributed by atoms with Gasteiger partial charge in [-0.2, -0.15) is 0 Å². The van der Waals surface area contributed by atoms with Gasteiger partial charge >= 0.3 is 5.97 Å². The van der Waals surface area contributed by atoms with Crippen LogP contribution in [0.1, 0.15) is 48.8 Å². The number of aryl methyl sites for hydroxylation is 1. The SMILES string of the molecule is CC(C)(C)C1CCc2nc3ccccc3c(C(=O)OCC(=O)Nc3ccc([N+](=O)[O-])cc3)c2C1. The molecule has 34 heavy (non-hydrogen) atoms. The van der Waals surface area contributed by atoms with Gasteiger partial charge in [0.2, 0.25) is 0 Å². The molecule has 0 spiro atoms. The van der Waals surface area contributed by atoms with E-state index in [-0.39, 0.29) is 11.1 Å². The van der Waals surface area contributed by atoms with Crippen molar-refractivity contribution in [3.05, 3.63) is 75.5 Å². The minimum absolute atomic E-state index is 0.0765. The topological polar surface area (TPSA) is 111 Å². The Bertz CT molecular complexity index is 1260. The molecular formula is C26H27N3O5. The van der Waals surface area contributed by atoms with E-state index in [1.807, 2.05) is 24.3 Å². The van der Waals surface area contributed by atoms with Crippen LogP contribution in [0.4, 0.5) is 11.4 Å². The van der Waals surface area contributed by atoms with E-state index in [9.17, 15) is 19.7 Å². The number of anilines is 1. The molecule has 1 aromatic heterocycles. The molecule has 176 valence electrons. The van der Waals surface area contributed by atoms with E-state index in [1.54, 1.807) is 0 Å². The second-order valence-corrected chi connectivity index (χ2v) is 9.66. The van der Waals surface area contributed by atoms with Crippen molar-refractivity contribution < 1.29 is 19.2 Å². The number of nitrogens with one attached hydrogen (secondary N) is 1. The lowest BCUT2D eigenvalue weighted by atomic mass is 9.70. The standard InChI is InChI=1S/C26H27N3O5/c1-26(2,3)16-8-13-22-20(14-16)24(19-6-4-5-7-21(19)28-22)25(31)34-15-23(30)27-17-9-11-18(12-10-17)29(32)33/h4-7,9-12,16H,8,13-15H2,1-3H3,(H,27,30). The van der Waals surface area contributed by atoms with Crippen LogP contribution in [-0.2, 0) is 22.4 Å². The third-order valence-electron chi connectivity index (χ3n) is 6.38. The molecule has 2 aromatic carbocycles. The number of rotatable bonds is 5. The highest BCUT2D eigenvalue weighted by Crippen LogP contribution is 2.39. The van der Waals surface area contributed by atoms with Gasteiger partial charge in [0.25, 0.3) is 11.6 Å². The Hall–Kier alpha value is -3.81. The van der Waals surface area contributed by atoms with Gasteiger partial charge < -0.3 is 10.1 Å². The van der Waals surface area contributed by atoms with E-state index in [0.717, 1.165) is 41.4 Å². The van der Waals surface area contributed by atoms with Crippen molar-refractivity contribution in [2.24, 2.45) is 11.3 Å². The summed E-state index contributed by atoms with van der Waals surface area (Å²) in [5, 5.41) is 14.1. The van der Waals surface area contributed by atoms with E-state index in [4.69, 9.17) is 9.72 Å². The number of aromatic nitrogens is 1. The average Bonchev–Trinajstić information content (AvgIpc) is 2.80. The molecule has 1 aliphatic rings. The van der Waals surface area contributed by atoms with Crippen molar-refractivity contribution in [3.8, 4) is 0 Å². The highest BCUT2D eigenvalue weighted by Gasteiger charge is 2.33. The summed E-state index contributed by atoms with van der Waals surface area (Å²) in [5.74, 6) is -0.676. The zero-order valence-corrected chi connectivity index (χ0v) is 19.5.